The van der Waals surface area contributed by atoms with E-state index >= 15 is 0 Å². The first kappa shape index (κ1) is 12.9. The summed E-state index contributed by atoms with van der Waals surface area (Å²) in [5.74, 6) is -0.319. The Morgan fingerprint density at radius 2 is 2.12 bits per heavy atom. The number of aliphatic hydroxyl groups is 1. The lowest BCUT2D eigenvalue weighted by Crippen LogP contribution is -2.50. The number of rotatable bonds is 5. The van der Waals surface area contributed by atoms with E-state index in [4.69, 9.17) is 5.11 Å². The van der Waals surface area contributed by atoms with E-state index in [1.165, 1.54) is 4.90 Å². The lowest BCUT2D eigenvalue weighted by Gasteiger charge is -2.32. The highest BCUT2D eigenvalue weighted by molar-refractivity contribution is 6.11. The van der Waals surface area contributed by atoms with Crippen molar-refractivity contribution < 1.29 is 14.7 Å². The van der Waals surface area contributed by atoms with Gasteiger partial charge in [-0.2, -0.15) is 0 Å². The summed E-state index contributed by atoms with van der Waals surface area (Å²) >= 11 is 0. The summed E-state index contributed by atoms with van der Waals surface area (Å²) in [7, 11) is 0. The zero-order valence-corrected chi connectivity index (χ0v) is 9.95. The van der Waals surface area contributed by atoms with E-state index < -0.39 is 0 Å². The Morgan fingerprint density at radius 3 is 2.62 bits per heavy atom. The summed E-state index contributed by atoms with van der Waals surface area (Å²) in [6.45, 7) is 4.05. The number of hydrogen-bond donors (Lipinski definition) is 1. The summed E-state index contributed by atoms with van der Waals surface area (Å²) in [6.07, 6.45) is 3.38. The number of β-lactam (4-membered cyclic amide) rings is 1. The van der Waals surface area contributed by atoms with Crippen molar-refractivity contribution in [2.24, 2.45) is 0 Å². The van der Waals surface area contributed by atoms with E-state index in [0.29, 0.717) is 24.1 Å². The maximum atomic E-state index is 11.6. The van der Waals surface area contributed by atoms with Gasteiger partial charge in [-0.1, -0.05) is 19.8 Å². The first-order chi connectivity index (χ1) is 7.61. The highest BCUT2D eigenvalue weighted by Gasteiger charge is 2.35. The van der Waals surface area contributed by atoms with Gasteiger partial charge in [-0.3, -0.25) is 14.5 Å². The number of likely N-dealkylation sites (tertiary alicyclic amines) is 1. The van der Waals surface area contributed by atoms with Gasteiger partial charge in [0, 0.05) is 12.0 Å². The highest BCUT2D eigenvalue weighted by atomic mass is 16.3. The fraction of sp³-hybridized carbons (Fsp3) is 0.667. The largest absolute Gasteiger partial charge is 0.392 e. The van der Waals surface area contributed by atoms with Gasteiger partial charge in [0.05, 0.1) is 13.2 Å². The standard InChI is InChI=1S/C12H19NO3/c1-3-4-5-6-11(15)13-7-10(12(13)16)9(2)8-14/h14H,3-8H2,1-2H3. The van der Waals surface area contributed by atoms with Gasteiger partial charge >= 0.3 is 0 Å². The minimum Gasteiger partial charge on any atom is -0.392 e. The minimum atomic E-state index is -0.229. The van der Waals surface area contributed by atoms with Crippen molar-refractivity contribution in [1.29, 1.82) is 0 Å². The topological polar surface area (TPSA) is 57.6 Å². The van der Waals surface area contributed by atoms with Crippen molar-refractivity contribution in [1.82, 2.24) is 4.90 Å². The Bertz CT molecular complexity index is 320. The molecule has 0 atom stereocenters. The fourth-order valence-corrected chi connectivity index (χ4v) is 1.64. The van der Waals surface area contributed by atoms with Crippen molar-refractivity contribution in [3.8, 4) is 0 Å². The molecule has 0 aromatic heterocycles. The SMILES string of the molecule is CCCCCC(=O)N1CC(=C(C)CO)C1=O. The van der Waals surface area contributed by atoms with Gasteiger partial charge < -0.3 is 5.11 Å². The van der Waals surface area contributed by atoms with Crippen LogP contribution in [0, 0.1) is 0 Å². The second kappa shape index (κ2) is 5.80. The lowest BCUT2D eigenvalue weighted by molar-refractivity contribution is -0.147. The van der Waals surface area contributed by atoms with Crippen LogP contribution in [0.15, 0.2) is 11.1 Å². The van der Waals surface area contributed by atoms with Crippen LogP contribution in [0.5, 0.6) is 0 Å². The third-order valence-electron chi connectivity index (χ3n) is 2.87. The maximum absolute atomic E-state index is 11.6. The van der Waals surface area contributed by atoms with Gasteiger partial charge in [-0.05, 0) is 18.9 Å². The Morgan fingerprint density at radius 1 is 1.44 bits per heavy atom. The maximum Gasteiger partial charge on any atom is 0.258 e. The number of imide groups is 1. The number of carbonyl (C=O) groups excluding carboxylic acids is 2. The number of nitrogens with zero attached hydrogens (tertiary/aromatic N) is 1. The highest BCUT2D eigenvalue weighted by Crippen LogP contribution is 2.21. The monoisotopic (exact) mass is 225 g/mol. The van der Waals surface area contributed by atoms with Crippen molar-refractivity contribution in [2.45, 2.75) is 39.5 Å². The molecular weight excluding hydrogens is 206 g/mol. The Hall–Kier alpha value is -1.16. The van der Waals surface area contributed by atoms with E-state index in [-0.39, 0.29) is 18.4 Å². The normalized spacial score (nSPS) is 18.4. The van der Waals surface area contributed by atoms with Crippen LogP contribution in [-0.2, 0) is 9.59 Å². The molecule has 0 aromatic carbocycles. The Kier molecular flexibility index (Phi) is 4.68. The second-order valence-corrected chi connectivity index (χ2v) is 4.16. The molecule has 2 amide bonds. The molecule has 0 radical (unpaired) electrons. The number of hydrogen-bond acceptors (Lipinski definition) is 3. The van der Waals surface area contributed by atoms with Gasteiger partial charge in [0.1, 0.15) is 0 Å². The van der Waals surface area contributed by atoms with Crippen molar-refractivity contribution >= 4 is 11.8 Å². The van der Waals surface area contributed by atoms with Crippen molar-refractivity contribution in [3.63, 3.8) is 0 Å². The first-order valence-electron chi connectivity index (χ1n) is 5.76. The van der Waals surface area contributed by atoms with Gasteiger partial charge in [-0.25, -0.2) is 0 Å². The summed E-state index contributed by atoms with van der Waals surface area (Å²) in [4.78, 5) is 24.4. The predicted molar refractivity (Wildman–Crippen MR) is 60.6 cm³/mol. The van der Waals surface area contributed by atoms with Crippen LogP contribution in [0.1, 0.15) is 39.5 Å². The molecule has 4 nitrogen and oxygen atoms in total. The predicted octanol–water partition coefficient (Wildman–Crippen LogP) is 1.24. The molecule has 1 fully saturated rings. The Balaban J connectivity index is 2.43. The molecule has 0 aliphatic carbocycles. The average Bonchev–Trinajstić information content (AvgIpc) is 2.27. The molecule has 4 heteroatoms. The number of aliphatic hydroxyl groups excluding tert-OH is 1. The van der Waals surface area contributed by atoms with Gasteiger partial charge in [-0.15, -0.1) is 0 Å². The molecule has 1 rings (SSSR count). The molecule has 0 unspecified atom stereocenters. The first-order valence-corrected chi connectivity index (χ1v) is 5.76. The molecular formula is C12H19NO3. The fourth-order valence-electron chi connectivity index (χ4n) is 1.64. The third-order valence-corrected chi connectivity index (χ3v) is 2.87. The lowest BCUT2D eigenvalue weighted by atomic mass is 10.00. The van der Waals surface area contributed by atoms with Crippen LogP contribution in [0.4, 0.5) is 0 Å². The zero-order chi connectivity index (χ0) is 12.1. The molecule has 1 aliphatic heterocycles. The third kappa shape index (κ3) is 2.70. The number of carbonyl (C=O) groups is 2. The number of amides is 2. The van der Waals surface area contributed by atoms with Gasteiger partial charge in [0.25, 0.3) is 5.91 Å². The minimum absolute atomic E-state index is 0.0899. The van der Waals surface area contributed by atoms with Crippen LogP contribution in [-0.4, -0.2) is 35.0 Å². The second-order valence-electron chi connectivity index (χ2n) is 4.16. The molecule has 0 aromatic rings. The van der Waals surface area contributed by atoms with E-state index in [9.17, 15) is 9.59 Å². The van der Waals surface area contributed by atoms with E-state index in [1.807, 2.05) is 0 Å². The van der Waals surface area contributed by atoms with Crippen molar-refractivity contribution in [3.05, 3.63) is 11.1 Å². The molecule has 1 aliphatic rings. The van der Waals surface area contributed by atoms with Crippen LogP contribution < -0.4 is 0 Å². The Labute approximate surface area is 95.9 Å². The van der Waals surface area contributed by atoms with E-state index in [1.54, 1.807) is 6.92 Å². The smallest absolute Gasteiger partial charge is 0.258 e. The van der Waals surface area contributed by atoms with E-state index in [2.05, 4.69) is 6.92 Å². The molecule has 0 bridgehead atoms. The quantitative estimate of drug-likeness (QED) is 0.435. The van der Waals surface area contributed by atoms with Gasteiger partial charge in [0.2, 0.25) is 5.91 Å². The van der Waals surface area contributed by atoms with E-state index in [0.717, 1.165) is 19.3 Å². The molecule has 0 spiro atoms. The summed E-state index contributed by atoms with van der Waals surface area (Å²) < 4.78 is 0. The molecule has 1 saturated heterocycles. The van der Waals surface area contributed by atoms with Crippen LogP contribution in [0.3, 0.4) is 0 Å². The van der Waals surface area contributed by atoms with Crippen molar-refractivity contribution in [2.75, 3.05) is 13.2 Å². The average molecular weight is 225 g/mol. The summed E-state index contributed by atoms with van der Waals surface area (Å²) in [6, 6.07) is 0. The molecule has 0 saturated carbocycles. The summed E-state index contributed by atoms with van der Waals surface area (Å²) in [5, 5.41) is 8.87. The van der Waals surface area contributed by atoms with Gasteiger partial charge in [0.15, 0.2) is 0 Å². The summed E-state index contributed by atoms with van der Waals surface area (Å²) in [5.41, 5.74) is 1.26. The van der Waals surface area contributed by atoms with Crippen LogP contribution in [0.25, 0.3) is 0 Å². The molecule has 90 valence electrons. The number of unbranched alkanes of at least 4 members (excludes halogenated alkanes) is 2. The van der Waals surface area contributed by atoms with Crippen LogP contribution in [0.2, 0.25) is 0 Å². The molecule has 1 N–H and O–H groups in total. The molecule has 16 heavy (non-hydrogen) atoms. The zero-order valence-electron chi connectivity index (χ0n) is 9.95. The molecule has 1 heterocycles. The van der Waals surface area contributed by atoms with Crippen LogP contribution >= 0.6 is 0 Å².